The van der Waals surface area contributed by atoms with Gasteiger partial charge in [-0.2, -0.15) is 21.0 Å². The highest BCUT2D eigenvalue weighted by Crippen LogP contribution is 2.27. The average Bonchev–Trinajstić information content (AvgIpc) is 2.54. The highest BCUT2D eigenvalue weighted by molar-refractivity contribution is 7.86. The normalized spacial score (nSPS) is 10.7. The van der Waals surface area contributed by atoms with Gasteiger partial charge in [-0.25, -0.2) is 0 Å². The molecule has 10 heteroatoms. The van der Waals surface area contributed by atoms with E-state index >= 15 is 0 Å². The van der Waals surface area contributed by atoms with Gasteiger partial charge in [0.25, 0.3) is 10.1 Å². The zero-order valence-electron chi connectivity index (χ0n) is 14.3. The third-order valence-corrected chi connectivity index (χ3v) is 4.50. The maximum Gasteiger partial charge on any atom is 0.296 e. The first-order valence-electron chi connectivity index (χ1n) is 7.58. The van der Waals surface area contributed by atoms with Gasteiger partial charge >= 0.3 is 0 Å². The summed E-state index contributed by atoms with van der Waals surface area (Å²) < 4.78 is 35.3. The number of hydrogen-bond donors (Lipinski definition) is 6. The van der Waals surface area contributed by atoms with Crippen molar-refractivity contribution in [2.75, 3.05) is 35.3 Å². The Morgan fingerprint density at radius 2 is 1.69 bits per heavy atom. The quantitative estimate of drug-likeness (QED) is 0.191. The van der Waals surface area contributed by atoms with Crippen molar-refractivity contribution >= 4 is 45.5 Å². The summed E-state index contributed by atoms with van der Waals surface area (Å²) in [5.74, 6) is 1.47. The van der Waals surface area contributed by atoms with Crippen LogP contribution in [0.4, 0.5) is 22.7 Å². The van der Waals surface area contributed by atoms with Crippen molar-refractivity contribution in [3.63, 3.8) is 0 Å². The van der Waals surface area contributed by atoms with Crippen LogP contribution >= 0.6 is 12.6 Å². The van der Waals surface area contributed by atoms with Crippen LogP contribution in [0.25, 0.3) is 0 Å². The molecule has 0 saturated heterocycles. The monoisotopic (exact) mass is 400 g/mol. The Labute approximate surface area is 158 Å². The van der Waals surface area contributed by atoms with Gasteiger partial charge in [-0.1, -0.05) is 0 Å². The number of aryl methyl sites for hydroxylation is 1. The molecule has 0 atom stereocenters. The molecule has 0 aliphatic heterocycles. The number of benzene rings is 2. The Morgan fingerprint density at radius 1 is 1.04 bits per heavy atom. The van der Waals surface area contributed by atoms with Crippen molar-refractivity contribution in [2.24, 2.45) is 0 Å². The minimum Gasteiger partial charge on any atom is -0.491 e. The fourth-order valence-corrected chi connectivity index (χ4v) is 2.65. The summed E-state index contributed by atoms with van der Waals surface area (Å²) in [6, 6.07) is 7.46. The summed E-state index contributed by atoms with van der Waals surface area (Å²) >= 11 is 4.09. The summed E-state index contributed by atoms with van der Waals surface area (Å²) in [5, 5.41) is 0. The standard InChI is InChI=1S/C10H16N2OS.C6H8N2O3S/c1-7-5-9(12)10(6-8(7)11)13-3-2-4-14;7-4-1-2-5(8)6(3-4)12(9,10)11/h5-6,14H,2-4,11-12H2,1H3;1-3H,7-8H2,(H,9,10,11). The van der Waals surface area contributed by atoms with Crippen LogP contribution < -0.4 is 27.7 Å². The second-order valence-electron chi connectivity index (χ2n) is 5.44. The molecule has 0 aliphatic carbocycles. The molecule has 2 aromatic rings. The maximum atomic E-state index is 10.6. The summed E-state index contributed by atoms with van der Waals surface area (Å²) in [5.41, 5.74) is 24.6. The van der Waals surface area contributed by atoms with E-state index < -0.39 is 10.1 Å². The number of anilines is 4. The predicted molar refractivity (Wildman–Crippen MR) is 109 cm³/mol. The van der Waals surface area contributed by atoms with Gasteiger partial charge in [0.1, 0.15) is 10.6 Å². The lowest BCUT2D eigenvalue weighted by molar-refractivity contribution is 0.320. The van der Waals surface area contributed by atoms with E-state index in [2.05, 4.69) is 12.6 Å². The Hall–Kier alpha value is -2.30. The summed E-state index contributed by atoms with van der Waals surface area (Å²) in [6.07, 6.45) is 0.899. The first kappa shape index (κ1) is 21.7. The Kier molecular flexibility index (Phi) is 7.87. The molecule has 0 aromatic heterocycles. The maximum absolute atomic E-state index is 10.6. The van der Waals surface area contributed by atoms with E-state index in [9.17, 15) is 8.42 Å². The SMILES string of the molecule is Cc1cc(N)c(OCCCS)cc1N.Nc1ccc(N)c(S(=O)(=O)O)c1. The number of hydrogen-bond acceptors (Lipinski definition) is 8. The molecule has 26 heavy (non-hydrogen) atoms. The van der Waals surface area contributed by atoms with E-state index in [1.807, 2.05) is 13.0 Å². The fourth-order valence-electron chi connectivity index (χ4n) is 1.87. The Morgan fingerprint density at radius 3 is 2.23 bits per heavy atom. The van der Waals surface area contributed by atoms with Crippen LogP contribution in [0.2, 0.25) is 0 Å². The second-order valence-corrected chi connectivity index (χ2v) is 7.28. The molecule has 0 unspecified atom stereocenters. The van der Waals surface area contributed by atoms with Crippen molar-refractivity contribution in [1.82, 2.24) is 0 Å². The third-order valence-electron chi connectivity index (χ3n) is 3.27. The van der Waals surface area contributed by atoms with Gasteiger partial charge in [-0.15, -0.1) is 0 Å². The molecule has 0 fully saturated rings. The number of nitrogen functional groups attached to an aromatic ring is 4. The van der Waals surface area contributed by atoms with Crippen molar-refractivity contribution in [3.8, 4) is 5.75 Å². The summed E-state index contributed by atoms with van der Waals surface area (Å²) in [4.78, 5) is -0.359. The predicted octanol–water partition coefficient (Wildman–Crippen LogP) is 1.96. The van der Waals surface area contributed by atoms with Gasteiger partial charge in [-0.3, -0.25) is 4.55 Å². The highest BCUT2D eigenvalue weighted by Gasteiger charge is 2.13. The van der Waals surface area contributed by atoms with E-state index in [1.165, 1.54) is 12.1 Å². The smallest absolute Gasteiger partial charge is 0.296 e. The number of ether oxygens (including phenoxy) is 1. The molecule has 0 spiro atoms. The van der Waals surface area contributed by atoms with E-state index in [1.54, 1.807) is 6.07 Å². The van der Waals surface area contributed by atoms with Crippen molar-refractivity contribution in [2.45, 2.75) is 18.2 Å². The lowest BCUT2D eigenvalue weighted by Gasteiger charge is -2.10. The molecule has 0 aliphatic rings. The first-order chi connectivity index (χ1) is 12.1. The summed E-state index contributed by atoms with van der Waals surface area (Å²) in [7, 11) is -4.26. The van der Waals surface area contributed by atoms with Crippen molar-refractivity contribution in [3.05, 3.63) is 35.9 Å². The highest BCUT2D eigenvalue weighted by atomic mass is 32.2. The van der Waals surface area contributed by atoms with Crippen LogP contribution in [-0.4, -0.2) is 25.3 Å². The van der Waals surface area contributed by atoms with Gasteiger partial charge in [-0.05, 0) is 48.9 Å². The van der Waals surface area contributed by atoms with Crippen LogP contribution in [0.15, 0.2) is 35.2 Å². The molecule has 144 valence electrons. The largest absolute Gasteiger partial charge is 0.491 e. The van der Waals surface area contributed by atoms with E-state index in [4.69, 9.17) is 32.2 Å². The molecule has 9 N–H and O–H groups in total. The zero-order valence-corrected chi connectivity index (χ0v) is 16.1. The average molecular weight is 401 g/mol. The number of rotatable bonds is 5. The van der Waals surface area contributed by atoms with Crippen LogP contribution in [0, 0.1) is 6.92 Å². The van der Waals surface area contributed by atoms with Crippen LogP contribution in [0.1, 0.15) is 12.0 Å². The van der Waals surface area contributed by atoms with Crippen LogP contribution in [-0.2, 0) is 10.1 Å². The van der Waals surface area contributed by atoms with Gasteiger partial charge in [0.05, 0.1) is 18.0 Å². The molecule has 2 aromatic carbocycles. The third kappa shape index (κ3) is 6.54. The van der Waals surface area contributed by atoms with E-state index in [-0.39, 0.29) is 16.3 Å². The molecule has 0 bridgehead atoms. The molecule has 8 nitrogen and oxygen atoms in total. The Bertz CT molecular complexity index is 858. The topological polar surface area (TPSA) is 168 Å². The zero-order chi connectivity index (χ0) is 19.9. The van der Waals surface area contributed by atoms with Crippen molar-refractivity contribution < 1.29 is 17.7 Å². The number of nitrogens with two attached hydrogens (primary N) is 4. The molecular formula is C16H24N4O4S2. The summed E-state index contributed by atoms with van der Waals surface area (Å²) in [6.45, 7) is 2.54. The Balaban J connectivity index is 0.000000263. The minimum atomic E-state index is -4.26. The van der Waals surface area contributed by atoms with E-state index in [0.29, 0.717) is 23.7 Å². The van der Waals surface area contributed by atoms with Crippen LogP contribution in [0.5, 0.6) is 5.75 Å². The van der Waals surface area contributed by atoms with Crippen molar-refractivity contribution in [1.29, 1.82) is 0 Å². The second kappa shape index (κ2) is 9.41. The molecule has 0 saturated carbocycles. The van der Waals surface area contributed by atoms with Gasteiger partial charge in [0.15, 0.2) is 0 Å². The molecule has 0 amide bonds. The fraction of sp³-hybridized carbons (Fsp3) is 0.250. The van der Waals surface area contributed by atoms with Gasteiger partial charge in [0.2, 0.25) is 0 Å². The van der Waals surface area contributed by atoms with Gasteiger partial charge in [0, 0.05) is 17.4 Å². The minimum absolute atomic E-state index is 0.0216. The van der Waals surface area contributed by atoms with E-state index in [0.717, 1.165) is 23.8 Å². The lowest BCUT2D eigenvalue weighted by Crippen LogP contribution is -2.03. The van der Waals surface area contributed by atoms with Gasteiger partial charge < -0.3 is 27.7 Å². The van der Waals surface area contributed by atoms with Crippen LogP contribution in [0.3, 0.4) is 0 Å². The first-order valence-corrected chi connectivity index (χ1v) is 9.65. The molecular weight excluding hydrogens is 376 g/mol. The molecule has 0 heterocycles. The lowest BCUT2D eigenvalue weighted by atomic mass is 10.1. The number of thiol groups is 1. The molecule has 2 rings (SSSR count). The molecule has 0 radical (unpaired) electrons.